The molecule has 1 aromatic rings. The minimum absolute atomic E-state index is 0.0317. The average Bonchev–Trinajstić information content (AvgIpc) is 2.34. The van der Waals surface area contributed by atoms with Crippen LogP contribution in [0.4, 0.5) is 10.1 Å². The van der Waals surface area contributed by atoms with E-state index in [0.29, 0.717) is 31.4 Å². The maximum absolute atomic E-state index is 14.0. The molecule has 4 heteroatoms. The SMILES string of the molecule is CCN(CCO)c1ccc(CNC(C)C)cc1F. The fourth-order valence-electron chi connectivity index (χ4n) is 1.81. The zero-order valence-electron chi connectivity index (χ0n) is 11.4. The summed E-state index contributed by atoms with van der Waals surface area (Å²) in [5.41, 5.74) is 1.49. The van der Waals surface area contributed by atoms with Gasteiger partial charge in [0.15, 0.2) is 0 Å². The Morgan fingerprint density at radius 2 is 2.11 bits per heavy atom. The lowest BCUT2D eigenvalue weighted by atomic mass is 10.1. The molecule has 0 aliphatic rings. The summed E-state index contributed by atoms with van der Waals surface area (Å²) in [6.07, 6.45) is 0. The number of rotatable bonds is 7. The Hall–Kier alpha value is -1.13. The second-order valence-corrected chi connectivity index (χ2v) is 4.62. The highest BCUT2D eigenvalue weighted by molar-refractivity contribution is 5.49. The zero-order valence-corrected chi connectivity index (χ0v) is 11.4. The van der Waals surface area contributed by atoms with Gasteiger partial charge in [-0.2, -0.15) is 0 Å². The first-order valence-electron chi connectivity index (χ1n) is 6.46. The molecule has 0 saturated carbocycles. The van der Waals surface area contributed by atoms with Crippen LogP contribution >= 0.6 is 0 Å². The molecule has 102 valence electrons. The summed E-state index contributed by atoms with van der Waals surface area (Å²) in [6, 6.07) is 5.65. The number of likely N-dealkylation sites (N-methyl/N-ethyl adjacent to an activating group) is 1. The van der Waals surface area contributed by atoms with Crippen LogP contribution in [0.15, 0.2) is 18.2 Å². The first-order chi connectivity index (χ1) is 8.58. The van der Waals surface area contributed by atoms with Gasteiger partial charge in [-0.3, -0.25) is 0 Å². The Labute approximate surface area is 109 Å². The molecule has 0 heterocycles. The number of aliphatic hydroxyl groups excluding tert-OH is 1. The van der Waals surface area contributed by atoms with E-state index >= 15 is 0 Å². The van der Waals surface area contributed by atoms with Crippen molar-refractivity contribution in [3.63, 3.8) is 0 Å². The molecule has 3 nitrogen and oxygen atoms in total. The second kappa shape index (κ2) is 7.34. The number of nitrogens with one attached hydrogen (secondary N) is 1. The highest BCUT2D eigenvalue weighted by atomic mass is 19.1. The number of hydrogen-bond donors (Lipinski definition) is 2. The largest absolute Gasteiger partial charge is 0.395 e. The quantitative estimate of drug-likeness (QED) is 0.782. The maximum atomic E-state index is 14.0. The van der Waals surface area contributed by atoms with Crippen LogP contribution in [0.2, 0.25) is 0 Å². The summed E-state index contributed by atoms with van der Waals surface area (Å²) in [5.74, 6) is -0.228. The Kier molecular flexibility index (Phi) is 6.09. The van der Waals surface area contributed by atoms with Crippen LogP contribution < -0.4 is 10.2 Å². The number of anilines is 1. The predicted molar refractivity (Wildman–Crippen MR) is 73.3 cm³/mol. The summed E-state index contributed by atoms with van der Waals surface area (Å²) < 4.78 is 14.0. The van der Waals surface area contributed by atoms with Crippen molar-refractivity contribution < 1.29 is 9.50 Å². The highest BCUT2D eigenvalue weighted by Crippen LogP contribution is 2.20. The standard InChI is InChI=1S/C14H23FN2O/c1-4-17(7-8-18)14-6-5-12(9-13(14)15)10-16-11(2)3/h5-6,9,11,16,18H,4,7-8,10H2,1-3H3. The summed E-state index contributed by atoms with van der Waals surface area (Å²) in [5, 5.41) is 12.2. The highest BCUT2D eigenvalue weighted by Gasteiger charge is 2.10. The van der Waals surface area contributed by atoms with E-state index in [4.69, 9.17) is 5.11 Å². The molecular weight excluding hydrogens is 231 g/mol. The van der Waals surface area contributed by atoms with Crippen molar-refractivity contribution in [2.75, 3.05) is 24.6 Å². The van der Waals surface area contributed by atoms with Crippen LogP contribution in [0.3, 0.4) is 0 Å². The Bertz CT molecular complexity index is 369. The first-order valence-corrected chi connectivity index (χ1v) is 6.46. The molecule has 1 aromatic carbocycles. The fourth-order valence-corrected chi connectivity index (χ4v) is 1.81. The lowest BCUT2D eigenvalue weighted by molar-refractivity contribution is 0.302. The number of halogens is 1. The maximum Gasteiger partial charge on any atom is 0.146 e. The van der Waals surface area contributed by atoms with Crippen molar-refractivity contribution in [1.82, 2.24) is 5.32 Å². The molecular formula is C14H23FN2O. The molecule has 0 unspecified atom stereocenters. The van der Waals surface area contributed by atoms with Crippen LogP contribution in [0.25, 0.3) is 0 Å². The van der Waals surface area contributed by atoms with E-state index in [1.807, 2.05) is 17.9 Å². The predicted octanol–water partition coefficient (Wildman–Crippen LogP) is 2.14. The van der Waals surface area contributed by atoms with E-state index in [1.54, 1.807) is 12.1 Å². The zero-order chi connectivity index (χ0) is 13.5. The number of hydrogen-bond acceptors (Lipinski definition) is 3. The van der Waals surface area contributed by atoms with Crippen LogP contribution in [-0.4, -0.2) is 30.8 Å². The topological polar surface area (TPSA) is 35.5 Å². The van der Waals surface area contributed by atoms with Gasteiger partial charge in [0.25, 0.3) is 0 Å². The molecule has 0 saturated heterocycles. The third kappa shape index (κ3) is 4.27. The minimum Gasteiger partial charge on any atom is -0.395 e. The second-order valence-electron chi connectivity index (χ2n) is 4.62. The molecule has 0 fully saturated rings. The Morgan fingerprint density at radius 3 is 2.61 bits per heavy atom. The molecule has 0 bridgehead atoms. The molecule has 2 N–H and O–H groups in total. The molecule has 0 aliphatic heterocycles. The summed E-state index contributed by atoms with van der Waals surface area (Å²) in [7, 11) is 0. The van der Waals surface area contributed by atoms with Crippen molar-refractivity contribution in [2.45, 2.75) is 33.4 Å². The van der Waals surface area contributed by atoms with Gasteiger partial charge in [0.05, 0.1) is 12.3 Å². The summed E-state index contributed by atoms with van der Waals surface area (Å²) >= 11 is 0. The van der Waals surface area contributed by atoms with Gasteiger partial charge < -0.3 is 15.3 Å². The van der Waals surface area contributed by atoms with Gasteiger partial charge >= 0.3 is 0 Å². The van der Waals surface area contributed by atoms with Gasteiger partial charge in [0, 0.05) is 25.7 Å². The van der Waals surface area contributed by atoms with E-state index < -0.39 is 0 Å². The Morgan fingerprint density at radius 1 is 1.39 bits per heavy atom. The average molecular weight is 254 g/mol. The van der Waals surface area contributed by atoms with E-state index in [0.717, 1.165) is 5.56 Å². The summed E-state index contributed by atoms with van der Waals surface area (Å²) in [6.45, 7) is 7.90. The molecule has 0 radical (unpaired) electrons. The number of aliphatic hydroxyl groups is 1. The molecule has 0 atom stereocenters. The van der Waals surface area contributed by atoms with Gasteiger partial charge in [0.1, 0.15) is 5.82 Å². The van der Waals surface area contributed by atoms with Gasteiger partial charge in [-0.15, -0.1) is 0 Å². The third-order valence-electron chi connectivity index (χ3n) is 2.82. The van der Waals surface area contributed by atoms with Gasteiger partial charge in [0.2, 0.25) is 0 Å². The van der Waals surface area contributed by atoms with E-state index in [2.05, 4.69) is 19.2 Å². The van der Waals surface area contributed by atoms with E-state index in [1.165, 1.54) is 0 Å². The van der Waals surface area contributed by atoms with Crippen molar-refractivity contribution in [1.29, 1.82) is 0 Å². The van der Waals surface area contributed by atoms with Crippen molar-refractivity contribution >= 4 is 5.69 Å². The van der Waals surface area contributed by atoms with Gasteiger partial charge in [-0.05, 0) is 24.6 Å². The van der Waals surface area contributed by atoms with Crippen LogP contribution in [-0.2, 0) is 6.54 Å². The first kappa shape index (κ1) is 14.9. The lowest BCUT2D eigenvalue weighted by Crippen LogP contribution is -2.27. The number of benzene rings is 1. The molecule has 18 heavy (non-hydrogen) atoms. The molecule has 0 aliphatic carbocycles. The monoisotopic (exact) mass is 254 g/mol. The number of nitrogens with zero attached hydrogens (tertiary/aromatic N) is 1. The van der Waals surface area contributed by atoms with Gasteiger partial charge in [-0.25, -0.2) is 4.39 Å². The molecule has 1 rings (SSSR count). The third-order valence-corrected chi connectivity index (χ3v) is 2.82. The van der Waals surface area contributed by atoms with Crippen LogP contribution in [0.1, 0.15) is 26.3 Å². The van der Waals surface area contributed by atoms with Crippen LogP contribution in [0.5, 0.6) is 0 Å². The molecule has 0 aromatic heterocycles. The van der Waals surface area contributed by atoms with Crippen molar-refractivity contribution in [2.24, 2.45) is 0 Å². The molecule has 0 spiro atoms. The van der Waals surface area contributed by atoms with Crippen molar-refractivity contribution in [3.8, 4) is 0 Å². The van der Waals surface area contributed by atoms with Crippen LogP contribution in [0, 0.1) is 5.82 Å². The molecule has 0 amide bonds. The Balaban J connectivity index is 2.78. The summed E-state index contributed by atoms with van der Waals surface area (Å²) in [4.78, 5) is 1.83. The van der Waals surface area contributed by atoms with E-state index in [9.17, 15) is 4.39 Å². The fraction of sp³-hybridized carbons (Fsp3) is 0.571. The minimum atomic E-state index is -0.228. The van der Waals surface area contributed by atoms with Crippen molar-refractivity contribution in [3.05, 3.63) is 29.6 Å². The van der Waals surface area contributed by atoms with Gasteiger partial charge in [-0.1, -0.05) is 19.9 Å². The normalized spacial score (nSPS) is 11.0. The van der Waals surface area contributed by atoms with E-state index in [-0.39, 0.29) is 12.4 Å². The smallest absolute Gasteiger partial charge is 0.146 e. The lowest BCUT2D eigenvalue weighted by Gasteiger charge is -2.23.